The highest BCUT2D eigenvalue weighted by Crippen LogP contribution is 2.47. The molecule has 4 rings (SSSR count). The fourth-order valence-electron chi connectivity index (χ4n) is 5.02. The molecule has 2 aromatic rings. The normalized spacial score (nSPS) is 26.1. The zero-order valence-corrected chi connectivity index (χ0v) is 17.0. The van der Waals surface area contributed by atoms with Gasteiger partial charge in [-0.05, 0) is 67.5 Å². The van der Waals surface area contributed by atoms with Crippen LogP contribution in [0.5, 0.6) is 0 Å². The van der Waals surface area contributed by atoms with E-state index in [9.17, 15) is 8.42 Å². The summed E-state index contributed by atoms with van der Waals surface area (Å²) in [5, 5.41) is 0. The van der Waals surface area contributed by atoms with Crippen LogP contribution < -0.4 is 4.72 Å². The largest absolute Gasteiger partial charge is 0.353 e. The Bertz CT molecular complexity index is 921. The van der Waals surface area contributed by atoms with Crippen molar-refractivity contribution in [2.24, 2.45) is 7.05 Å². The monoisotopic (exact) mass is 387 g/mol. The lowest BCUT2D eigenvalue weighted by atomic mass is 9.63. The van der Waals surface area contributed by atoms with Gasteiger partial charge >= 0.3 is 0 Å². The van der Waals surface area contributed by atoms with Crippen LogP contribution in [0.25, 0.3) is 0 Å². The molecule has 1 saturated heterocycles. The first kappa shape index (κ1) is 18.6. The van der Waals surface area contributed by atoms with E-state index >= 15 is 0 Å². The number of likely N-dealkylation sites (tertiary alicyclic amines) is 1. The number of nitrogens with one attached hydrogen (secondary N) is 1. The maximum atomic E-state index is 11.6. The summed E-state index contributed by atoms with van der Waals surface area (Å²) in [5.74, 6) is 0. The molecular formula is C21H29N3O2S. The van der Waals surface area contributed by atoms with Crippen molar-refractivity contribution in [3.63, 3.8) is 0 Å². The minimum Gasteiger partial charge on any atom is -0.353 e. The summed E-state index contributed by atoms with van der Waals surface area (Å²) in [5.41, 5.74) is 3.52. The number of sulfonamides is 1. The van der Waals surface area contributed by atoms with Crippen molar-refractivity contribution in [1.82, 2.24) is 9.47 Å². The molecule has 1 aromatic carbocycles. The second kappa shape index (κ2) is 6.99. The maximum Gasteiger partial charge on any atom is 0.229 e. The van der Waals surface area contributed by atoms with E-state index in [4.69, 9.17) is 0 Å². The van der Waals surface area contributed by atoms with Gasteiger partial charge in [-0.1, -0.05) is 18.6 Å². The smallest absolute Gasteiger partial charge is 0.229 e. The van der Waals surface area contributed by atoms with E-state index in [-0.39, 0.29) is 5.41 Å². The standard InChI is InChI=1S/C21H29N3O2S/c1-23-12-5-9-20(23)16-24-13-11-21(10-4-8-19(24)15-21)17-6-3-7-18(14-17)22-27(2,25)26/h3,5-7,9,12,14,19,22H,4,8,10-11,13,15-16H2,1-2H3. The van der Waals surface area contributed by atoms with Crippen LogP contribution in [0.3, 0.4) is 0 Å². The van der Waals surface area contributed by atoms with Crippen molar-refractivity contribution in [3.05, 3.63) is 53.9 Å². The number of fused-ring (bicyclic) bond motifs is 2. The highest BCUT2D eigenvalue weighted by Gasteiger charge is 2.43. The Hall–Kier alpha value is -1.79. The number of rotatable bonds is 5. The number of piperidine rings is 1. The lowest BCUT2D eigenvalue weighted by Gasteiger charge is -2.51. The third-order valence-corrected chi connectivity index (χ3v) is 7.01. The van der Waals surface area contributed by atoms with Crippen LogP contribution in [-0.4, -0.2) is 36.7 Å². The topological polar surface area (TPSA) is 54.3 Å². The fraction of sp³-hybridized carbons (Fsp3) is 0.524. The van der Waals surface area contributed by atoms with E-state index in [1.807, 2.05) is 12.1 Å². The maximum absolute atomic E-state index is 11.6. The van der Waals surface area contributed by atoms with Gasteiger partial charge in [0.05, 0.1) is 6.26 Å². The van der Waals surface area contributed by atoms with Crippen molar-refractivity contribution < 1.29 is 8.42 Å². The van der Waals surface area contributed by atoms with Crippen molar-refractivity contribution in [1.29, 1.82) is 0 Å². The zero-order chi connectivity index (χ0) is 19.1. The Kier molecular flexibility index (Phi) is 4.80. The van der Waals surface area contributed by atoms with E-state index in [2.05, 4.69) is 51.7 Å². The molecule has 6 heteroatoms. The molecule has 2 fully saturated rings. The molecule has 2 atom stereocenters. The fourth-order valence-corrected chi connectivity index (χ4v) is 5.58. The lowest BCUT2D eigenvalue weighted by Crippen LogP contribution is -2.51. The van der Waals surface area contributed by atoms with E-state index in [0.29, 0.717) is 11.7 Å². The third-order valence-electron chi connectivity index (χ3n) is 6.41. The van der Waals surface area contributed by atoms with Crippen LogP contribution in [-0.2, 0) is 29.0 Å². The molecule has 2 unspecified atom stereocenters. The van der Waals surface area contributed by atoms with Crippen LogP contribution in [0.2, 0.25) is 0 Å². The number of nitrogens with zero attached hydrogens (tertiary/aromatic N) is 2. The molecule has 1 aromatic heterocycles. The summed E-state index contributed by atoms with van der Waals surface area (Å²) in [7, 11) is -1.13. The van der Waals surface area contributed by atoms with Gasteiger partial charge in [0.1, 0.15) is 0 Å². The van der Waals surface area contributed by atoms with E-state index < -0.39 is 10.0 Å². The SMILES string of the molecule is Cn1cccc1CN1CCC2(c3cccc(NS(C)(=O)=O)c3)CCCC1C2. The number of anilines is 1. The summed E-state index contributed by atoms with van der Waals surface area (Å²) >= 11 is 0. The summed E-state index contributed by atoms with van der Waals surface area (Å²) in [6, 6.07) is 13.0. The highest BCUT2D eigenvalue weighted by atomic mass is 32.2. The molecule has 0 amide bonds. The molecule has 0 radical (unpaired) electrons. The Labute approximate surface area is 162 Å². The number of aromatic nitrogens is 1. The molecule has 1 N–H and O–H groups in total. The van der Waals surface area contributed by atoms with Crippen molar-refractivity contribution in [2.45, 2.75) is 50.1 Å². The second-order valence-electron chi connectivity index (χ2n) is 8.32. The Balaban J connectivity index is 1.55. The average molecular weight is 388 g/mol. The molecular weight excluding hydrogens is 358 g/mol. The minimum absolute atomic E-state index is 0.183. The molecule has 146 valence electrons. The van der Waals surface area contributed by atoms with Crippen LogP contribution in [0.4, 0.5) is 5.69 Å². The molecule has 1 aliphatic carbocycles. The predicted octanol–water partition coefficient (Wildman–Crippen LogP) is 3.48. The molecule has 27 heavy (non-hydrogen) atoms. The molecule has 0 spiro atoms. The van der Waals surface area contributed by atoms with Crippen molar-refractivity contribution >= 4 is 15.7 Å². The number of hydrogen-bond acceptors (Lipinski definition) is 3. The Morgan fingerprint density at radius 3 is 2.81 bits per heavy atom. The summed E-state index contributed by atoms with van der Waals surface area (Å²) in [4.78, 5) is 2.64. The lowest BCUT2D eigenvalue weighted by molar-refractivity contribution is 0.0445. The van der Waals surface area contributed by atoms with E-state index in [0.717, 1.165) is 19.5 Å². The van der Waals surface area contributed by atoms with Gasteiger partial charge < -0.3 is 4.57 Å². The minimum atomic E-state index is -3.25. The number of aryl methyl sites for hydroxylation is 1. The molecule has 5 nitrogen and oxygen atoms in total. The molecule has 1 saturated carbocycles. The van der Waals surface area contributed by atoms with Gasteiger partial charge in [0.25, 0.3) is 0 Å². The first-order valence-corrected chi connectivity index (χ1v) is 11.7. The van der Waals surface area contributed by atoms with Gasteiger partial charge in [-0.15, -0.1) is 0 Å². The predicted molar refractivity (Wildman–Crippen MR) is 109 cm³/mol. The summed E-state index contributed by atoms with van der Waals surface area (Å²) in [6.07, 6.45) is 9.31. The Morgan fingerprint density at radius 1 is 1.22 bits per heavy atom. The van der Waals surface area contributed by atoms with Gasteiger partial charge in [-0.2, -0.15) is 0 Å². The van der Waals surface area contributed by atoms with Gasteiger partial charge in [0.15, 0.2) is 0 Å². The Morgan fingerprint density at radius 2 is 2.07 bits per heavy atom. The molecule has 1 aliphatic heterocycles. The van der Waals surface area contributed by atoms with Gasteiger partial charge in [-0.3, -0.25) is 9.62 Å². The first-order valence-electron chi connectivity index (χ1n) is 9.77. The quantitative estimate of drug-likeness (QED) is 0.855. The number of benzene rings is 1. The van der Waals surface area contributed by atoms with Crippen LogP contribution in [0, 0.1) is 0 Å². The zero-order valence-electron chi connectivity index (χ0n) is 16.2. The second-order valence-corrected chi connectivity index (χ2v) is 10.1. The van der Waals surface area contributed by atoms with Crippen LogP contribution >= 0.6 is 0 Å². The van der Waals surface area contributed by atoms with Crippen LogP contribution in [0.1, 0.15) is 43.4 Å². The average Bonchev–Trinajstić information content (AvgIpc) is 3.01. The van der Waals surface area contributed by atoms with E-state index in [1.165, 1.54) is 43.2 Å². The number of hydrogen-bond donors (Lipinski definition) is 1. The molecule has 2 bridgehead atoms. The summed E-state index contributed by atoms with van der Waals surface area (Å²) in [6.45, 7) is 2.11. The van der Waals surface area contributed by atoms with Gasteiger partial charge in [0.2, 0.25) is 10.0 Å². The van der Waals surface area contributed by atoms with Crippen LogP contribution in [0.15, 0.2) is 42.6 Å². The molecule has 2 aliphatic rings. The van der Waals surface area contributed by atoms with Gasteiger partial charge in [-0.25, -0.2) is 8.42 Å². The third kappa shape index (κ3) is 3.92. The van der Waals surface area contributed by atoms with E-state index in [1.54, 1.807) is 0 Å². The van der Waals surface area contributed by atoms with Gasteiger partial charge in [0, 0.05) is 37.2 Å². The highest BCUT2D eigenvalue weighted by molar-refractivity contribution is 7.92. The first-order chi connectivity index (χ1) is 12.8. The van der Waals surface area contributed by atoms with Crippen molar-refractivity contribution in [3.8, 4) is 0 Å². The molecule has 2 heterocycles. The summed E-state index contributed by atoms with van der Waals surface area (Å²) < 4.78 is 28.1. The van der Waals surface area contributed by atoms with Crippen molar-refractivity contribution in [2.75, 3.05) is 17.5 Å².